The molecule has 0 aliphatic carbocycles. The normalized spacial score (nSPS) is 11.7. The number of ether oxygens (including phenoxy) is 2. The number of nitrogens with one attached hydrogen (secondary N) is 2. The maximum Gasteiger partial charge on any atom is 0.336 e. The second kappa shape index (κ2) is 11.4. The summed E-state index contributed by atoms with van der Waals surface area (Å²) in [6.45, 7) is 4.25. The standard InChI is InChI=1S/C26H28N2O8/c1-14(2)24(26(32)33)28-21(29)12-27-22(30)13-35-20-10-9-18-19(11-23(31)36-25(18)15(20)3)16-5-7-17(34-4)8-6-16/h5-11,14,24H,12-13H2,1-4H3,(H,27,30)(H,28,29)(H,32,33). The number of carboxylic acids is 1. The number of hydrogen-bond donors (Lipinski definition) is 3. The van der Waals surface area contributed by atoms with Crippen molar-refractivity contribution in [3.63, 3.8) is 0 Å². The molecule has 1 unspecified atom stereocenters. The molecular formula is C26H28N2O8. The van der Waals surface area contributed by atoms with Gasteiger partial charge in [0.1, 0.15) is 23.1 Å². The van der Waals surface area contributed by atoms with Gasteiger partial charge in [-0.2, -0.15) is 0 Å². The Hall–Kier alpha value is -4.34. The van der Waals surface area contributed by atoms with Crippen molar-refractivity contribution >= 4 is 28.8 Å². The van der Waals surface area contributed by atoms with Gasteiger partial charge >= 0.3 is 11.6 Å². The number of fused-ring (bicyclic) bond motifs is 1. The number of aliphatic carboxylic acids is 1. The van der Waals surface area contributed by atoms with Gasteiger partial charge in [-0.15, -0.1) is 0 Å². The molecule has 0 fully saturated rings. The molecule has 10 nitrogen and oxygen atoms in total. The van der Waals surface area contributed by atoms with Crippen LogP contribution in [0.3, 0.4) is 0 Å². The van der Waals surface area contributed by atoms with Crippen LogP contribution in [0.2, 0.25) is 0 Å². The lowest BCUT2D eigenvalue weighted by molar-refractivity contribution is -0.143. The van der Waals surface area contributed by atoms with E-state index in [1.807, 2.05) is 12.1 Å². The smallest absolute Gasteiger partial charge is 0.336 e. The minimum absolute atomic E-state index is 0.313. The fourth-order valence-electron chi connectivity index (χ4n) is 3.62. The number of rotatable bonds is 10. The average molecular weight is 497 g/mol. The van der Waals surface area contributed by atoms with E-state index in [-0.39, 0.29) is 5.92 Å². The van der Waals surface area contributed by atoms with Gasteiger partial charge in [0.15, 0.2) is 6.61 Å². The van der Waals surface area contributed by atoms with Gasteiger partial charge in [0.05, 0.1) is 13.7 Å². The monoisotopic (exact) mass is 496 g/mol. The van der Waals surface area contributed by atoms with Crippen molar-refractivity contribution in [1.29, 1.82) is 0 Å². The molecule has 0 spiro atoms. The second-order valence-corrected chi connectivity index (χ2v) is 8.47. The first-order valence-electron chi connectivity index (χ1n) is 11.2. The topological polar surface area (TPSA) is 144 Å². The van der Waals surface area contributed by atoms with Gasteiger partial charge in [-0.1, -0.05) is 26.0 Å². The van der Waals surface area contributed by atoms with E-state index < -0.39 is 42.6 Å². The molecule has 0 saturated carbocycles. The number of benzene rings is 2. The Morgan fingerprint density at radius 1 is 1.06 bits per heavy atom. The highest BCUT2D eigenvalue weighted by atomic mass is 16.5. The minimum atomic E-state index is -1.15. The summed E-state index contributed by atoms with van der Waals surface area (Å²) in [4.78, 5) is 47.6. The van der Waals surface area contributed by atoms with Crippen molar-refractivity contribution in [3.8, 4) is 22.6 Å². The zero-order chi connectivity index (χ0) is 26.4. The first-order valence-corrected chi connectivity index (χ1v) is 11.2. The number of aryl methyl sites for hydroxylation is 1. The van der Waals surface area contributed by atoms with Gasteiger partial charge in [-0.25, -0.2) is 9.59 Å². The predicted molar refractivity (Wildman–Crippen MR) is 132 cm³/mol. The van der Waals surface area contributed by atoms with Crippen LogP contribution in [-0.4, -0.2) is 49.2 Å². The van der Waals surface area contributed by atoms with Crippen LogP contribution < -0.4 is 25.7 Å². The number of methoxy groups -OCH3 is 1. The van der Waals surface area contributed by atoms with E-state index in [1.54, 1.807) is 52.1 Å². The molecule has 0 aliphatic rings. The van der Waals surface area contributed by atoms with Gasteiger partial charge in [-0.05, 0) is 48.2 Å². The molecule has 0 saturated heterocycles. The molecule has 3 N–H and O–H groups in total. The minimum Gasteiger partial charge on any atom is -0.497 e. The summed E-state index contributed by atoms with van der Waals surface area (Å²) in [6, 6.07) is 11.0. The Morgan fingerprint density at radius 3 is 2.36 bits per heavy atom. The lowest BCUT2D eigenvalue weighted by atomic mass is 10.00. The van der Waals surface area contributed by atoms with Crippen LogP contribution in [0.5, 0.6) is 11.5 Å². The summed E-state index contributed by atoms with van der Waals surface area (Å²) in [5.41, 5.74) is 1.83. The molecule has 36 heavy (non-hydrogen) atoms. The van der Waals surface area contributed by atoms with E-state index in [4.69, 9.17) is 19.0 Å². The second-order valence-electron chi connectivity index (χ2n) is 8.47. The molecule has 2 aromatic carbocycles. The highest BCUT2D eigenvalue weighted by Gasteiger charge is 2.23. The van der Waals surface area contributed by atoms with E-state index in [9.17, 15) is 19.2 Å². The van der Waals surface area contributed by atoms with E-state index in [1.165, 1.54) is 6.07 Å². The molecule has 2 amide bonds. The maximum absolute atomic E-state index is 12.3. The lowest BCUT2D eigenvalue weighted by Crippen LogP contribution is -2.48. The van der Waals surface area contributed by atoms with Gasteiger partial charge < -0.3 is 29.6 Å². The van der Waals surface area contributed by atoms with Crippen LogP contribution in [0.15, 0.2) is 51.7 Å². The molecule has 190 valence electrons. The summed E-state index contributed by atoms with van der Waals surface area (Å²) >= 11 is 0. The van der Waals surface area contributed by atoms with Crippen LogP contribution in [0, 0.1) is 12.8 Å². The van der Waals surface area contributed by atoms with E-state index in [2.05, 4.69) is 10.6 Å². The number of amides is 2. The van der Waals surface area contributed by atoms with Crippen LogP contribution in [0.4, 0.5) is 0 Å². The summed E-state index contributed by atoms with van der Waals surface area (Å²) < 4.78 is 16.2. The highest BCUT2D eigenvalue weighted by Crippen LogP contribution is 2.33. The first kappa shape index (κ1) is 26.3. The third-order valence-electron chi connectivity index (χ3n) is 5.57. The number of carboxylic acid groups (broad SMARTS) is 1. The fourth-order valence-corrected chi connectivity index (χ4v) is 3.62. The SMILES string of the molecule is COc1ccc(-c2cc(=O)oc3c(C)c(OCC(=O)NCC(=O)NC(C(=O)O)C(C)C)ccc23)cc1. The van der Waals surface area contributed by atoms with Gasteiger partial charge in [0.25, 0.3) is 5.91 Å². The Morgan fingerprint density at radius 2 is 1.75 bits per heavy atom. The zero-order valence-electron chi connectivity index (χ0n) is 20.4. The van der Waals surface area contributed by atoms with Crippen molar-refractivity contribution in [2.75, 3.05) is 20.3 Å². The van der Waals surface area contributed by atoms with E-state index in [0.717, 1.165) is 5.56 Å². The van der Waals surface area contributed by atoms with Crippen molar-refractivity contribution in [1.82, 2.24) is 10.6 Å². The molecule has 1 aromatic heterocycles. The van der Waals surface area contributed by atoms with Gasteiger partial charge in [-0.3, -0.25) is 9.59 Å². The van der Waals surface area contributed by atoms with Crippen LogP contribution in [0.1, 0.15) is 19.4 Å². The third-order valence-corrected chi connectivity index (χ3v) is 5.57. The Balaban J connectivity index is 1.70. The molecule has 3 aromatic rings. The van der Waals surface area contributed by atoms with Crippen molar-refractivity contribution < 1.29 is 33.4 Å². The number of hydrogen-bond acceptors (Lipinski definition) is 7. The third kappa shape index (κ3) is 6.21. The highest BCUT2D eigenvalue weighted by molar-refractivity contribution is 5.95. The van der Waals surface area contributed by atoms with Crippen molar-refractivity contribution in [2.45, 2.75) is 26.8 Å². The molecule has 10 heteroatoms. The fraction of sp³-hybridized carbons (Fsp3) is 0.308. The summed E-state index contributed by atoms with van der Waals surface area (Å²) in [6.07, 6.45) is 0. The summed E-state index contributed by atoms with van der Waals surface area (Å²) in [5.74, 6) is -1.64. The summed E-state index contributed by atoms with van der Waals surface area (Å²) in [7, 11) is 1.57. The van der Waals surface area contributed by atoms with E-state index >= 15 is 0 Å². The quantitative estimate of drug-likeness (QED) is 0.363. The van der Waals surface area contributed by atoms with Crippen molar-refractivity contribution in [2.24, 2.45) is 5.92 Å². The Bertz CT molecular complexity index is 1330. The van der Waals surface area contributed by atoms with Crippen LogP contribution in [0.25, 0.3) is 22.1 Å². The maximum atomic E-state index is 12.3. The Kier molecular flexibility index (Phi) is 8.31. The predicted octanol–water partition coefficient (Wildman–Crippen LogP) is 2.50. The van der Waals surface area contributed by atoms with Crippen molar-refractivity contribution in [3.05, 3.63) is 58.4 Å². The molecule has 1 atom stereocenters. The van der Waals surface area contributed by atoms with E-state index in [0.29, 0.717) is 33.6 Å². The molecular weight excluding hydrogens is 468 g/mol. The molecule has 0 radical (unpaired) electrons. The molecule has 3 rings (SSSR count). The van der Waals surface area contributed by atoms with Gasteiger partial charge in [0.2, 0.25) is 5.91 Å². The molecule has 0 aliphatic heterocycles. The van der Waals surface area contributed by atoms with Crippen LogP contribution >= 0.6 is 0 Å². The summed E-state index contributed by atoms with van der Waals surface area (Å²) in [5, 5.41) is 14.6. The Labute approximate surface area is 207 Å². The average Bonchev–Trinajstić information content (AvgIpc) is 2.85. The largest absolute Gasteiger partial charge is 0.497 e. The first-order chi connectivity index (χ1) is 17.1. The molecule has 0 bridgehead atoms. The molecule has 1 heterocycles. The van der Waals surface area contributed by atoms with Crippen LogP contribution in [-0.2, 0) is 14.4 Å². The zero-order valence-corrected chi connectivity index (χ0v) is 20.4. The van der Waals surface area contributed by atoms with Gasteiger partial charge in [0, 0.05) is 17.0 Å². The number of carbonyl (C=O) groups is 3. The number of carbonyl (C=O) groups excluding carboxylic acids is 2. The lowest BCUT2D eigenvalue weighted by Gasteiger charge is -2.18.